The van der Waals surface area contributed by atoms with Gasteiger partial charge in [-0.05, 0) is 92.1 Å². The van der Waals surface area contributed by atoms with E-state index in [-0.39, 0.29) is 5.56 Å². The molecule has 1 aliphatic rings. The maximum absolute atomic E-state index is 12.9. The van der Waals surface area contributed by atoms with Crippen molar-refractivity contribution in [2.24, 2.45) is 5.92 Å². The van der Waals surface area contributed by atoms with Gasteiger partial charge in [-0.1, -0.05) is 13.0 Å². The summed E-state index contributed by atoms with van der Waals surface area (Å²) in [6, 6.07) is 13.7. The lowest BCUT2D eigenvalue weighted by Gasteiger charge is -2.17. The van der Waals surface area contributed by atoms with E-state index in [4.69, 9.17) is 14.5 Å². The van der Waals surface area contributed by atoms with Crippen molar-refractivity contribution in [1.82, 2.24) is 9.97 Å². The summed E-state index contributed by atoms with van der Waals surface area (Å²) in [4.78, 5) is 22.8. The van der Waals surface area contributed by atoms with Gasteiger partial charge in [-0.3, -0.25) is 4.79 Å². The topological polar surface area (TPSA) is 64.2 Å². The first-order valence-electron chi connectivity index (χ1n) is 11.5. The number of hydrogen-bond acceptors (Lipinski definition) is 5. The first-order chi connectivity index (χ1) is 16.0. The van der Waals surface area contributed by atoms with Crippen molar-refractivity contribution in [3.63, 3.8) is 0 Å². The summed E-state index contributed by atoms with van der Waals surface area (Å²) in [5.41, 5.74) is 4.51. The Bertz CT molecular complexity index is 1350. The van der Waals surface area contributed by atoms with Crippen LogP contribution in [-0.2, 0) is 12.8 Å². The molecule has 0 radical (unpaired) electrons. The Kier molecular flexibility index (Phi) is 5.94. The van der Waals surface area contributed by atoms with Gasteiger partial charge in [0.1, 0.15) is 35.4 Å². The Morgan fingerprint density at radius 3 is 2.52 bits per heavy atom. The molecule has 1 atom stereocenters. The molecule has 6 heteroatoms. The van der Waals surface area contributed by atoms with Crippen LogP contribution in [0.4, 0.5) is 0 Å². The van der Waals surface area contributed by atoms with E-state index in [0.717, 1.165) is 46.5 Å². The molecular weight excluding hydrogens is 432 g/mol. The van der Waals surface area contributed by atoms with Gasteiger partial charge in [0.05, 0.1) is 5.39 Å². The van der Waals surface area contributed by atoms with Crippen molar-refractivity contribution in [3.8, 4) is 22.9 Å². The second kappa shape index (κ2) is 9.02. The number of ether oxygens (including phenoxy) is 2. The third-order valence-electron chi connectivity index (χ3n) is 6.39. The molecule has 2 heterocycles. The highest BCUT2D eigenvalue weighted by molar-refractivity contribution is 7.18. The number of aromatic amines is 1. The zero-order valence-electron chi connectivity index (χ0n) is 19.2. The number of rotatable bonds is 6. The van der Waals surface area contributed by atoms with Crippen LogP contribution < -0.4 is 15.0 Å². The normalized spacial score (nSPS) is 15.4. The molecule has 0 saturated heterocycles. The zero-order chi connectivity index (χ0) is 22.9. The van der Waals surface area contributed by atoms with Crippen LogP contribution in [0.1, 0.15) is 34.9 Å². The number of nitrogens with zero attached hydrogens (tertiary/aromatic N) is 1. The van der Waals surface area contributed by atoms with Crippen LogP contribution in [0.3, 0.4) is 0 Å². The lowest BCUT2D eigenvalue weighted by atomic mass is 9.89. The van der Waals surface area contributed by atoms with Crippen LogP contribution in [0, 0.1) is 19.8 Å². The number of benzene rings is 2. The molecule has 170 valence electrons. The molecule has 33 heavy (non-hydrogen) atoms. The minimum Gasteiger partial charge on any atom is -0.490 e. The number of aryl methyl sites for hydroxylation is 3. The summed E-state index contributed by atoms with van der Waals surface area (Å²) in [5.74, 6) is 2.88. The summed E-state index contributed by atoms with van der Waals surface area (Å²) in [6.45, 7) is 7.36. The number of fused-ring (bicyclic) bond motifs is 3. The number of aromatic nitrogens is 2. The number of thiophene rings is 1. The molecule has 2 aromatic carbocycles. The van der Waals surface area contributed by atoms with Crippen molar-refractivity contribution >= 4 is 21.6 Å². The van der Waals surface area contributed by atoms with Crippen LogP contribution in [0.15, 0.2) is 47.3 Å². The number of nitrogens with one attached hydrogen (secondary N) is 1. The quantitative estimate of drug-likeness (QED) is 0.367. The Morgan fingerprint density at radius 2 is 1.76 bits per heavy atom. The molecule has 4 aromatic rings. The molecule has 0 saturated carbocycles. The monoisotopic (exact) mass is 460 g/mol. The van der Waals surface area contributed by atoms with Crippen molar-refractivity contribution in [3.05, 3.63) is 74.4 Å². The highest BCUT2D eigenvalue weighted by atomic mass is 32.1. The average Bonchev–Trinajstić information content (AvgIpc) is 3.17. The zero-order valence-corrected chi connectivity index (χ0v) is 20.1. The van der Waals surface area contributed by atoms with E-state index in [1.165, 1.54) is 21.6 Å². The fourth-order valence-corrected chi connectivity index (χ4v) is 5.70. The van der Waals surface area contributed by atoms with Gasteiger partial charge in [0, 0.05) is 10.4 Å². The van der Waals surface area contributed by atoms with E-state index < -0.39 is 0 Å². The second-order valence-electron chi connectivity index (χ2n) is 8.91. The third-order valence-corrected chi connectivity index (χ3v) is 7.54. The van der Waals surface area contributed by atoms with Crippen molar-refractivity contribution in [2.45, 2.75) is 40.0 Å². The van der Waals surface area contributed by atoms with E-state index in [0.29, 0.717) is 25.0 Å². The maximum Gasteiger partial charge on any atom is 0.260 e. The maximum atomic E-state index is 12.9. The van der Waals surface area contributed by atoms with E-state index in [2.05, 4.69) is 31.8 Å². The third kappa shape index (κ3) is 4.53. The Hall–Kier alpha value is -3.12. The lowest BCUT2D eigenvalue weighted by Crippen LogP contribution is -2.13. The highest BCUT2D eigenvalue weighted by Crippen LogP contribution is 2.36. The van der Waals surface area contributed by atoms with Crippen LogP contribution >= 0.6 is 11.3 Å². The van der Waals surface area contributed by atoms with E-state index in [9.17, 15) is 4.79 Å². The Balaban J connectivity index is 1.25. The van der Waals surface area contributed by atoms with Gasteiger partial charge in [0.15, 0.2) is 0 Å². The van der Waals surface area contributed by atoms with Gasteiger partial charge >= 0.3 is 0 Å². The smallest absolute Gasteiger partial charge is 0.260 e. The SMILES string of the molecule is Cc1ccc(OCCOc2ccc(-c3nc4sc5c(c4c(=O)[nH]3)CCC(C)C5)cc2)cc1C. The molecule has 2 aromatic heterocycles. The van der Waals surface area contributed by atoms with Crippen LogP contribution in [0.25, 0.3) is 21.6 Å². The molecule has 0 fully saturated rings. The van der Waals surface area contributed by atoms with Crippen molar-refractivity contribution in [2.75, 3.05) is 13.2 Å². The molecule has 1 N–H and O–H groups in total. The molecular formula is C27H28N2O3S. The van der Waals surface area contributed by atoms with Gasteiger partial charge in [-0.2, -0.15) is 0 Å². The molecule has 0 spiro atoms. The molecule has 0 aliphatic heterocycles. The molecule has 1 unspecified atom stereocenters. The summed E-state index contributed by atoms with van der Waals surface area (Å²) < 4.78 is 11.6. The van der Waals surface area contributed by atoms with Gasteiger partial charge in [0.2, 0.25) is 0 Å². The lowest BCUT2D eigenvalue weighted by molar-refractivity contribution is 0.217. The minimum atomic E-state index is -0.0362. The van der Waals surface area contributed by atoms with Gasteiger partial charge in [-0.15, -0.1) is 11.3 Å². The average molecular weight is 461 g/mol. The fourth-order valence-electron chi connectivity index (χ4n) is 4.32. The Morgan fingerprint density at radius 1 is 1.03 bits per heavy atom. The van der Waals surface area contributed by atoms with Crippen molar-refractivity contribution < 1.29 is 9.47 Å². The minimum absolute atomic E-state index is 0.0362. The van der Waals surface area contributed by atoms with Gasteiger partial charge in [0.25, 0.3) is 5.56 Å². The highest BCUT2D eigenvalue weighted by Gasteiger charge is 2.23. The van der Waals surface area contributed by atoms with Crippen LogP contribution in [-0.4, -0.2) is 23.2 Å². The first-order valence-corrected chi connectivity index (χ1v) is 12.3. The van der Waals surface area contributed by atoms with E-state index >= 15 is 0 Å². The van der Waals surface area contributed by atoms with E-state index in [1.54, 1.807) is 11.3 Å². The van der Waals surface area contributed by atoms with Crippen molar-refractivity contribution in [1.29, 1.82) is 0 Å². The molecule has 1 aliphatic carbocycles. The molecule has 5 nitrogen and oxygen atoms in total. The van der Waals surface area contributed by atoms with E-state index in [1.807, 2.05) is 36.4 Å². The Labute approximate surface area is 197 Å². The first kappa shape index (κ1) is 21.7. The summed E-state index contributed by atoms with van der Waals surface area (Å²) >= 11 is 1.67. The predicted octanol–water partition coefficient (Wildman–Crippen LogP) is 5.85. The van der Waals surface area contributed by atoms with Crippen LogP contribution in [0.2, 0.25) is 0 Å². The summed E-state index contributed by atoms with van der Waals surface area (Å²) in [6.07, 6.45) is 3.15. The summed E-state index contributed by atoms with van der Waals surface area (Å²) in [5, 5.41) is 0.786. The molecule has 0 amide bonds. The molecule has 0 bridgehead atoms. The summed E-state index contributed by atoms with van der Waals surface area (Å²) in [7, 11) is 0. The van der Waals surface area contributed by atoms with Gasteiger partial charge < -0.3 is 14.5 Å². The van der Waals surface area contributed by atoms with Crippen LogP contribution in [0.5, 0.6) is 11.5 Å². The number of H-pyrrole nitrogens is 1. The molecule has 5 rings (SSSR count). The standard InChI is InChI=1S/C27H28N2O3S/c1-16-4-11-22-23(14-16)33-27-24(22)26(30)28-25(29-27)19-6-9-20(10-7-19)31-12-13-32-21-8-5-17(2)18(3)15-21/h5-10,15-16H,4,11-14H2,1-3H3,(H,28,29,30). The largest absolute Gasteiger partial charge is 0.490 e. The predicted molar refractivity (Wildman–Crippen MR) is 134 cm³/mol. The number of hydrogen-bond donors (Lipinski definition) is 1. The fraction of sp³-hybridized carbons (Fsp3) is 0.333. The van der Waals surface area contributed by atoms with Gasteiger partial charge in [-0.25, -0.2) is 4.98 Å². The second-order valence-corrected chi connectivity index (χ2v) is 10.00.